The summed E-state index contributed by atoms with van der Waals surface area (Å²) in [6.07, 6.45) is 3.51. The number of hydrogen-bond acceptors (Lipinski definition) is 4. The van der Waals surface area contributed by atoms with Crippen molar-refractivity contribution >= 4 is 11.6 Å². The number of nitrogens with zero attached hydrogens (tertiary/aromatic N) is 3. The second kappa shape index (κ2) is 6.91. The van der Waals surface area contributed by atoms with Gasteiger partial charge in [0.2, 0.25) is 0 Å². The van der Waals surface area contributed by atoms with Gasteiger partial charge >= 0.3 is 0 Å². The molecule has 1 aromatic carbocycles. The van der Waals surface area contributed by atoms with Crippen LogP contribution in [-0.2, 0) is 6.42 Å². The number of hydrogen-bond donors (Lipinski definition) is 1. The summed E-state index contributed by atoms with van der Waals surface area (Å²) < 4.78 is 7.04. The second-order valence-electron chi connectivity index (χ2n) is 5.13. The van der Waals surface area contributed by atoms with Crippen molar-refractivity contribution < 1.29 is 9.53 Å². The zero-order chi connectivity index (χ0) is 16.1. The van der Waals surface area contributed by atoms with E-state index in [1.807, 2.05) is 28.8 Å². The Morgan fingerprint density at radius 2 is 2.00 bits per heavy atom. The molecule has 0 unspecified atom stereocenters. The zero-order valence-corrected chi connectivity index (χ0v) is 12.9. The molecule has 1 amide bonds. The van der Waals surface area contributed by atoms with E-state index in [4.69, 9.17) is 4.74 Å². The number of methoxy groups -OCH3 is 1. The SMILES string of the molecule is COc1ccc(C(=O)NCCCc2nnc3ccccn23)cc1. The molecule has 3 rings (SSSR count). The van der Waals surface area contributed by atoms with Crippen molar-refractivity contribution in [2.24, 2.45) is 0 Å². The third kappa shape index (κ3) is 3.48. The van der Waals surface area contributed by atoms with E-state index >= 15 is 0 Å². The molecule has 0 spiro atoms. The van der Waals surface area contributed by atoms with Crippen LogP contribution in [0, 0.1) is 0 Å². The van der Waals surface area contributed by atoms with Gasteiger partial charge in [0.1, 0.15) is 11.6 Å². The lowest BCUT2D eigenvalue weighted by Gasteiger charge is -2.06. The number of carbonyl (C=O) groups excluding carboxylic acids is 1. The summed E-state index contributed by atoms with van der Waals surface area (Å²) in [7, 11) is 1.60. The van der Waals surface area contributed by atoms with Crippen LogP contribution in [0.4, 0.5) is 0 Å². The van der Waals surface area contributed by atoms with Crippen molar-refractivity contribution in [3.05, 3.63) is 60.0 Å². The minimum atomic E-state index is -0.0845. The number of rotatable bonds is 6. The predicted molar refractivity (Wildman–Crippen MR) is 86.6 cm³/mol. The molecule has 23 heavy (non-hydrogen) atoms. The third-order valence-corrected chi connectivity index (χ3v) is 3.60. The first-order chi connectivity index (χ1) is 11.3. The highest BCUT2D eigenvalue weighted by molar-refractivity contribution is 5.94. The van der Waals surface area contributed by atoms with Crippen molar-refractivity contribution in [3.8, 4) is 5.75 Å². The molecule has 0 fully saturated rings. The molecule has 0 aliphatic heterocycles. The van der Waals surface area contributed by atoms with E-state index in [0.29, 0.717) is 12.1 Å². The van der Waals surface area contributed by atoms with E-state index in [9.17, 15) is 4.79 Å². The molecule has 0 aliphatic rings. The Hall–Kier alpha value is -2.89. The molecular weight excluding hydrogens is 292 g/mol. The minimum absolute atomic E-state index is 0.0845. The fourth-order valence-corrected chi connectivity index (χ4v) is 2.35. The van der Waals surface area contributed by atoms with Crippen molar-refractivity contribution in [2.45, 2.75) is 12.8 Å². The predicted octanol–water partition coefficient (Wildman–Crippen LogP) is 2.10. The van der Waals surface area contributed by atoms with Gasteiger partial charge in [0.25, 0.3) is 5.91 Å². The van der Waals surface area contributed by atoms with Gasteiger partial charge in [0, 0.05) is 24.7 Å². The Morgan fingerprint density at radius 1 is 1.17 bits per heavy atom. The van der Waals surface area contributed by atoms with Gasteiger partial charge in [-0.3, -0.25) is 9.20 Å². The van der Waals surface area contributed by atoms with Crippen LogP contribution in [0.1, 0.15) is 22.6 Å². The smallest absolute Gasteiger partial charge is 0.251 e. The average Bonchev–Trinajstić information content (AvgIpc) is 3.02. The number of pyridine rings is 1. The van der Waals surface area contributed by atoms with Crippen LogP contribution in [0.2, 0.25) is 0 Å². The molecule has 118 valence electrons. The minimum Gasteiger partial charge on any atom is -0.497 e. The van der Waals surface area contributed by atoms with Crippen LogP contribution in [0.25, 0.3) is 5.65 Å². The number of aromatic nitrogens is 3. The van der Waals surface area contributed by atoms with Crippen molar-refractivity contribution in [2.75, 3.05) is 13.7 Å². The third-order valence-electron chi connectivity index (χ3n) is 3.60. The first-order valence-electron chi connectivity index (χ1n) is 7.49. The van der Waals surface area contributed by atoms with E-state index in [1.165, 1.54) is 0 Å². The number of amides is 1. The van der Waals surface area contributed by atoms with Gasteiger partial charge < -0.3 is 10.1 Å². The van der Waals surface area contributed by atoms with Crippen LogP contribution in [0.5, 0.6) is 5.75 Å². The molecule has 6 nitrogen and oxygen atoms in total. The standard InChI is InChI=1S/C17H18N4O2/c1-23-14-9-7-13(8-10-14)17(22)18-11-4-6-16-20-19-15-5-2-3-12-21(15)16/h2-3,5,7-10,12H,4,6,11H2,1H3,(H,18,22). The molecule has 0 radical (unpaired) electrons. The number of nitrogens with one attached hydrogen (secondary N) is 1. The molecule has 0 saturated carbocycles. The maximum absolute atomic E-state index is 12.0. The van der Waals surface area contributed by atoms with Crippen molar-refractivity contribution in [1.29, 1.82) is 0 Å². The fourth-order valence-electron chi connectivity index (χ4n) is 2.35. The molecule has 0 saturated heterocycles. The lowest BCUT2D eigenvalue weighted by Crippen LogP contribution is -2.24. The largest absolute Gasteiger partial charge is 0.497 e. The van der Waals surface area contributed by atoms with Gasteiger partial charge in [-0.05, 0) is 42.8 Å². The van der Waals surface area contributed by atoms with Crippen LogP contribution in [-0.4, -0.2) is 34.2 Å². The summed E-state index contributed by atoms with van der Waals surface area (Å²) >= 11 is 0. The number of fused-ring (bicyclic) bond motifs is 1. The molecule has 0 atom stereocenters. The molecule has 3 aromatic rings. The molecule has 1 N–H and O–H groups in total. The highest BCUT2D eigenvalue weighted by Crippen LogP contribution is 2.11. The first-order valence-corrected chi connectivity index (χ1v) is 7.49. The van der Waals surface area contributed by atoms with Gasteiger partial charge in [-0.25, -0.2) is 0 Å². The van der Waals surface area contributed by atoms with E-state index in [-0.39, 0.29) is 5.91 Å². The van der Waals surface area contributed by atoms with Gasteiger partial charge in [0.15, 0.2) is 5.65 Å². The Balaban J connectivity index is 1.50. The number of carbonyl (C=O) groups is 1. The number of benzene rings is 1. The van der Waals surface area contributed by atoms with E-state index in [0.717, 1.165) is 30.1 Å². The molecule has 6 heteroatoms. The summed E-state index contributed by atoms with van der Waals surface area (Å²) in [5.41, 5.74) is 1.46. The van der Waals surface area contributed by atoms with Crippen LogP contribution in [0.3, 0.4) is 0 Å². The highest BCUT2D eigenvalue weighted by Gasteiger charge is 2.07. The molecule has 2 heterocycles. The summed E-state index contributed by atoms with van der Waals surface area (Å²) in [6, 6.07) is 12.9. The van der Waals surface area contributed by atoms with Crippen LogP contribution >= 0.6 is 0 Å². The monoisotopic (exact) mass is 310 g/mol. The van der Waals surface area contributed by atoms with E-state index in [2.05, 4.69) is 15.5 Å². The number of ether oxygens (including phenoxy) is 1. The summed E-state index contributed by atoms with van der Waals surface area (Å²) in [6.45, 7) is 0.590. The maximum atomic E-state index is 12.0. The second-order valence-corrected chi connectivity index (χ2v) is 5.13. The summed E-state index contributed by atoms with van der Waals surface area (Å²) in [5, 5.41) is 11.2. The average molecular weight is 310 g/mol. The zero-order valence-electron chi connectivity index (χ0n) is 12.9. The molecule has 0 bridgehead atoms. The Bertz CT molecular complexity index is 796. The van der Waals surface area contributed by atoms with Crippen LogP contribution in [0.15, 0.2) is 48.7 Å². The van der Waals surface area contributed by atoms with Gasteiger partial charge in [-0.1, -0.05) is 6.07 Å². The van der Waals surface area contributed by atoms with Gasteiger partial charge in [-0.15, -0.1) is 10.2 Å². The first kappa shape index (κ1) is 15.0. The Labute approximate surface area is 134 Å². The van der Waals surface area contributed by atoms with E-state index in [1.54, 1.807) is 31.4 Å². The molecule has 2 aromatic heterocycles. The Kier molecular flexibility index (Phi) is 4.52. The fraction of sp³-hybridized carbons (Fsp3) is 0.235. The molecule has 0 aliphatic carbocycles. The number of aryl methyl sites for hydroxylation is 1. The van der Waals surface area contributed by atoms with E-state index < -0.39 is 0 Å². The lowest BCUT2D eigenvalue weighted by molar-refractivity contribution is 0.0953. The Morgan fingerprint density at radius 3 is 2.78 bits per heavy atom. The van der Waals surface area contributed by atoms with Crippen molar-refractivity contribution in [1.82, 2.24) is 19.9 Å². The van der Waals surface area contributed by atoms with Gasteiger partial charge in [0.05, 0.1) is 7.11 Å². The quantitative estimate of drug-likeness (QED) is 0.708. The highest BCUT2D eigenvalue weighted by atomic mass is 16.5. The van der Waals surface area contributed by atoms with Crippen molar-refractivity contribution in [3.63, 3.8) is 0 Å². The maximum Gasteiger partial charge on any atom is 0.251 e. The summed E-state index contributed by atoms with van der Waals surface area (Å²) in [5.74, 6) is 1.55. The van der Waals surface area contributed by atoms with Gasteiger partial charge in [-0.2, -0.15) is 0 Å². The lowest BCUT2D eigenvalue weighted by atomic mass is 10.2. The topological polar surface area (TPSA) is 68.5 Å². The normalized spacial score (nSPS) is 10.7. The van der Waals surface area contributed by atoms with Crippen LogP contribution < -0.4 is 10.1 Å². The molecular formula is C17H18N4O2. The summed E-state index contributed by atoms with van der Waals surface area (Å²) in [4.78, 5) is 12.0.